The summed E-state index contributed by atoms with van der Waals surface area (Å²) in [4.78, 5) is 0. The first-order valence-electron chi connectivity index (χ1n) is 8.32. The Balaban J connectivity index is 2.22. The van der Waals surface area contributed by atoms with Gasteiger partial charge >= 0.3 is 0 Å². The molecule has 1 aliphatic carbocycles. The van der Waals surface area contributed by atoms with E-state index >= 15 is 0 Å². The first-order chi connectivity index (χ1) is 8.85. The maximum atomic E-state index is 6.22. The highest BCUT2D eigenvalue weighted by molar-refractivity contribution is 4.94. The van der Waals surface area contributed by atoms with Crippen molar-refractivity contribution in [2.24, 2.45) is 28.9 Å². The van der Waals surface area contributed by atoms with Crippen LogP contribution < -0.4 is 11.1 Å². The molecule has 0 aliphatic heterocycles. The molecule has 1 aliphatic rings. The predicted octanol–water partition coefficient (Wildman–Crippen LogP) is 3.80. The number of hydrogen-bond donors (Lipinski definition) is 2. The molecule has 3 N–H and O–H groups in total. The Morgan fingerprint density at radius 1 is 1.21 bits per heavy atom. The zero-order chi connectivity index (χ0) is 14.5. The van der Waals surface area contributed by atoms with Crippen molar-refractivity contribution in [3.05, 3.63) is 0 Å². The van der Waals surface area contributed by atoms with Gasteiger partial charge in [0.1, 0.15) is 0 Å². The first-order valence-corrected chi connectivity index (χ1v) is 8.32. The SMILES string of the molecule is CC(C)CCCCNCC1CCC(N)C(C)C1(C)C. The van der Waals surface area contributed by atoms with Crippen LogP contribution in [0.25, 0.3) is 0 Å². The van der Waals surface area contributed by atoms with E-state index in [-0.39, 0.29) is 0 Å². The molecule has 1 rings (SSSR count). The van der Waals surface area contributed by atoms with Gasteiger partial charge < -0.3 is 11.1 Å². The molecule has 0 spiro atoms. The maximum Gasteiger partial charge on any atom is 0.00698 e. The molecule has 1 fully saturated rings. The Morgan fingerprint density at radius 3 is 2.53 bits per heavy atom. The summed E-state index contributed by atoms with van der Waals surface area (Å²) in [6, 6.07) is 0.400. The summed E-state index contributed by atoms with van der Waals surface area (Å²) in [5.74, 6) is 2.26. The molecular weight excluding hydrogens is 232 g/mol. The molecule has 1 saturated carbocycles. The van der Waals surface area contributed by atoms with Crippen LogP contribution in [-0.2, 0) is 0 Å². The van der Waals surface area contributed by atoms with Crippen LogP contribution in [0.5, 0.6) is 0 Å². The lowest BCUT2D eigenvalue weighted by atomic mass is 9.61. The van der Waals surface area contributed by atoms with E-state index in [0.29, 0.717) is 17.4 Å². The standard InChI is InChI=1S/C17H36N2/c1-13(2)8-6-7-11-19-12-15-9-10-16(18)14(3)17(15,4)5/h13-16,19H,6-12,18H2,1-5H3. The zero-order valence-corrected chi connectivity index (χ0v) is 13.8. The molecule has 0 radical (unpaired) electrons. The molecular formula is C17H36N2. The van der Waals surface area contributed by atoms with Gasteiger partial charge in [-0.2, -0.15) is 0 Å². The van der Waals surface area contributed by atoms with Gasteiger partial charge in [-0.1, -0.05) is 47.5 Å². The highest BCUT2D eigenvalue weighted by Gasteiger charge is 2.40. The minimum atomic E-state index is 0.378. The van der Waals surface area contributed by atoms with Crippen LogP contribution in [0.1, 0.15) is 66.7 Å². The van der Waals surface area contributed by atoms with Gasteiger partial charge in [-0.05, 0) is 55.5 Å². The second kappa shape index (κ2) is 7.64. The fourth-order valence-corrected chi connectivity index (χ4v) is 3.38. The number of unbranched alkanes of at least 4 members (excludes halogenated alkanes) is 1. The lowest BCUT2D eigenvalue weighted by Gasteiger charge is -2.47. The van der Waals surface area contributed by atoms with Crippen LogP contribution >= 0.6 is 0 Å². The Kier molecular flexibility index (Phi) is 6.82. The predicted molar refractivity (Wildman–Crippen MR) is 85.2 cm³/mol. The Hall–Kier alpha value is -0.0800. The molecule has 2 heteroatoms. The first kappa shape index (κ1) is 17.0. The fourth-order valence-electron chi connectivity index (χ4n) is 3.38. The smallest absolute Gasteiger partial charge is 0.00698 e. The van der Waals surface area contributed by atoms with Crippen LogP contribution in [-0.4, -0.2) is 19.1 Å². The minimum Gasteiger partial charge on any atom is -0.327 e. The van der Waals surface area contributed by atoms with E-state index in [0.717, 1.165) is 11.8 Å². The van der Waals surface area contributed by atoms with Gasteiger partial charge in [0.05, 0.1) is 0 Å². The molecule has 0 aromatic carbocycles. The van der Waals surface area contributed by atoms with E-state index in [1.165, 1.54) is 45.2 Å². The topological polar surface area (TPSA) is 38.0 Å². The van der Waals surface area contributed by atoms with E-state index < -0.39 is 0 Å². The van der Waals surface area contributed by atoms with E-state index in [1.807, 2.05) is 0 Å². The van der Waals surface area contributed by atoms with Gasteiger partial charge in [0.15, 0.2) is 0 Å². The highest BCUT2D eigenvalue weighted by atomic mass is 14.9. The second-order valence-electron chi connectivity index (χ2n) is 7.64. The molecule has 114 valence electrons. The summed E-state index contributed by atoms with van der Waals surface area (Å²) in [5, 5.41) is 3.68. The zero-order valence-electron chi connectivity index (χ0n) is 13.8. The van der Waals surface area contributed by atoms with E-state index in [2.05, 4.69) is 39.9 Å². The summed E-state index contributed by atoms with van der Waals surface area (Å²) in [6.07, 6.45) is 6.53. The van der Waals surface area contributed by atoms with Gasteiger partial charge in [0.25, 0.3) is 0 Å². The molecule has 0 bridgehead atoms. The van der Waals surface area contributed by atoms with Gasteiger partial charge in [0, 0.05) is 6.04 Å². The molecule has 3 atom stereocenters. The minimum absolute atomic E-state index is 0.378. The van der Waals surface area contributed by atoms with Crippen molar-refractivity contribution in [3.63, 3.8) is 0 Å². The molecule has 2 nitrogen and oxygen atoms in total. The third kappa shape index (κ3) is 5.07. The summed E-state index contributed by atoms with van der Waals surface area (Å²) < 4.78 is 0. The number of hydrogen-bond acceptors (Lipinski definition) is 2. The average molecular weight is 268 g/mol. The molecule has 0 amide bonds. The summed E-state index contributed by atoms with van der Waals surface area (Å²) in [7, 11) is 0. The van der Waals surface area contributed by atoms with Crippen molar-refractivity contribution in [2.45, 2.75) is 72.8 Å². The Labute approximate surface area is 120 Å². The lowest BCUT2D eigenvalue weighted by Crippen LogP contribution is -2.49. The summed E-state index contributed by atoms with van der Waals surface area (Å²) in [6.45, 7) is 14.1. The lowest BCUT2D eigenvalue weighted by molar-refractivity contribution is 0.0541. The van der Waals surface area contributed by atoms with Crippen LogP contribution in [0.4, 0.5) is 0 Å². The number of nitrogens with two attached hydrogens (primary N) is 1. The average Bonchev–Trinajstić information content (AvgIpc) is 2.33. The second-order valence-corrected chi connectivity index (χ2v) is 7.64. The quantitative estimate of drug-likeness (QED) is 0.689. The van der Waals surface area contributed by atoms with Crippen molar-refractivity contribution < 1.29 is 0 Å². The summed E-state index contributed by atoms with van der Waals surface area (Å²) in [5.41, 5.74) is 6.60. The number of nitrogens with one attached hydrogen (secondary N) is 1. The van der Waals surface area contributed by atoms with Gasteiger partial charge in [0.2, 0.25) is 0 Å². The van der Waals surface area contributed by atoms with Crippen molar-refractivity contribution in [3.8, 4) is 0 Å². The van der Waals surface area contributed by atoms with Crippen LogP contribution in [0.15, 0.2) is 0 Å². The highest BCUT2D eigenvalue weighted by Crippen LogP contribution is 2.43. The van der Waals surface area contributed by atoms with Crippen molar-refractivity contribution in [1.82, 2.24) is 5.32 Å². The maximum absolute atomic E-state index is 6.22. The van der Waals surface area contributed by atoms with Gasteiger partial charge in [-0.25, -0.2) is 0 Å². The van der Waals surface area contributed by atoms with Gasteiger partial charge in [-0.3, -0.25) is 0 Å². The van der Waals surface area contributed by atoms with Crippen LogP contribution in [0.2, 0.25) is 0 Å². The molecule has 0 aromatic heterocycles. The normalized spacial score (nSPS) is 30.8. The fraction of sp³-hybridized carbons (Fsp3) is 1.00. The van der Waals surface area contributed by atoms with Crippen molar-refractivity contribution in [2.75, 3.05) is 13.1 Å². The molecule has 0 heterocycles. The molecule has 0 aromatic rings. The van der Waals surface area contributed by atoms with E-state index in [4.69, 9.17) is 5.73 Å². The monoisotopic (exact) mass is 268 g/mol. The molecule has 19 heavy (non-hydrogen) atoms. The summed E-state index contributed by atoms with van der Waals surface area (Å²) >= 11 is 0. The van der Waals surface area contributed by atoms with Gasteiger partial charge in [-0.15, -0.1) is 0 Å². The van der Waals surface area contributed by atoms with Crippen LogP contribution in [0.3, 0.4) is 0 Å². The number of rotatable bonds is 7. The Morgan fingerprint density at radius 2 is 1.89 bits per heavy atom. The third-order valence-electron chi connectivity index (χ3n) is 5.49. The van der Waals surface area contributed by atoms with Crippen LogP contribution in [0, 0.1) is 23.2 Å². The van der Waals surface area contributed by atoms with Crippen molar-refractivity contribution in [1.29, 1.82) is 0 Å². The van der Waals surface area contributed by atoms with E-state index in [9.17, 15) is 0 Å². The van der Waals surface area contributed by atoms with E-state index in [1.54, 1.807) is 0 Å². The Bertz CT molecular complexity index is 248. The molecule has 3 unspecified atom stereocenters. The largest absolute Gasteiger partial charge is 0.327 e. The third-order valence-corrected chi connectivity index (χ3v) is 5.49. The van der Waals surface area contributed by atoms with Crippen molar-refractivity contribution >= 4 is 0 Å². The molecule has 0 saturated heterocycles.